The fourth-order valence-corrected chi connectivity index (χ4v) is 2.23. The molecule has 2 N–H and O–H groups in total. The molecule has 6 nitrogen and oxygen atoms in total. The van der Waals surface area contributed by atoms with Crippen LogP contribution in [0.15, 0.2) is 24.3 Å². The Morgan fingerprint density at radius 1 is 1.23 bits per heavy atom. The molecule has 1 aliphatic heterocycles. The van der Waals surface area contributed by atoms with Crippen molar-refractivity contribution in [1.82, 2.24) is 5.32 Å². The maximum Gasteiger partial charge on any atom is 0.243 e. The van der Waals surface area contributed by atoms with Gasteiger partial charge in [-0.1, -0.05) is 26.0 Å². The topological polar surface area (TPSA) is 70.7 Å². The van der Waals surface area contributed by atoms with Crippen molar-refractivity contribution in [1.29, 1.82) is 0 Å². The number of ether oxygens (including phenoxy) is 1. The van der Waals surface area contributed by atoms with E-state index < -0.39 is 0 Å². The highest BCUT2D eigenvalue weighted by molar-refractivity contribution is 5.97. The predicted molar refractivity (Wildman–Crippen MR) is 86.0 cm³/mol. The highest BCUT2D eigenvalue weighted by atomic mass is 16.5. The Labute approximate surface area is 130 Å². The molecule has 0 aromatic heterocycles. The average Bonchev–Trinajstić information content (AvgIpc) is 2.54. The molecule has 1 heterocycles. The van der Waals surface area contributed by atoms with Crippen molar-refractivity contribution >= 4 is 23.2 Å². The van der Waals surface area contributed by atoms with Gasteiger partial charge in [-0.3, -0.25) is 9.59 Å². The summed E-state index contributed by atoms with van der Waals surface area (Å²) in [5, 5.41) is 5.48. The second-order valence-corrected chi connectivity index (χ2v) is 5.54. The fraction of sp³-hybridized carbons (Fsp3) is 0.500. The minimum atomic E-state index is -0.227. The molecule has 1 aromatic carbocycles. The number of para-hydroxylation sites is 2. The third-order valence-electron chi connectivity index (χ3n) is 3.48. The van der Waals surface area contributed by atoms with E-state index in [-0.39, 0.29) is 24.3 Å². The summed E-state index contributed by atoms with van der Waals surface area (Å²) in [5.41, 5.74) is 1.74. The van der Waals surface area contributed by atoms with E-state index in [0.29, 0.717) is 13.2 Å². The van der Waals surface area contributed by atoms with Gasteiger partial charge in [-0.05, 0) is 12.1 Å². The van der Waals surface area contributed by atoms with E-state index >= 15 is 0 Å². The standard InChI is InChI=1S/C16H23N3O3/c1-12(2)16(21)17-11-15(20)18-13-5-3-4-6-14(13)19-7-9-22-10-8-19/h3-6,12H,7-11H2,1-2H3,(H,17,21)(H,18,20). The number of carbonyl (C=O) groups excluding carboxylic acids is 2. The van der Waals surface area contributed by atoms with Crippen LogP contribution in [0.2, 0.25) is 0 Å². The summed E-state index contributed by atoms with van der Waals surface area (Å²) in [5.74, 6) is -0.486. The van der Waals surface area contributed by atoms with Crippen LogP contribution in [0, 0.1) is 5.92 Å². The number of anilines is 2. The molecular formula is C16H23N3O3. The second-order valence-electron chi connectivity index (χ2n) is 5.54. The van der Waals surface area contributed by atoms with Crippen LogP contribution in [0.5, 0.6) is 0 Å². The first-order chi connectivity index (χ1) is 10.6. The van der Waals surface area contributed by atoms with Crippen LogP contribution >= 0.6 is 0 Å². The zero-order chi connectivity index (χ0) is 15.9. The number of nitrogens with zero attached hydrogens (tertiary/aromatic N) is 1. The predicted octanol–water partition coefficient (Wildman–Crippen LogP) is 1.23. The Morgan fingerprint density at radius 3 is 2.59 bits per heavy atom. The highest BCUT2D eigenvalue weighted by Crippen LogP contribution is 2.26. The largest absolute Gasteiger partial charge is 0.378 e. The monoisotopic (exact) mass is 305 g/mol. The molecular weight excluding hydrogens is 282 g/mol. The number of morpholine rings is 1. The molecule has 2 amide bonds. The SMILES string of the molecule is CC(C)C(=O)NCC(=O)Nc1ccccc1N1CCOCC1. The van der Waals surface area contributed by atoms with E-state index in [4.69, 9.17) is 4.74 Å². The molecule has 1 saturated heterocycles. The molecule has 0 unspecified atom stereocenters. The molecule has 0 atom stereocenters. The van der Waals surface area contributed by atoms with Crippen LogP contribution in [0.25, 0.3) is 0 Å². The van der Waals surface area contributed by atoms with Crippen molar-refractivity contribution in [3.8, 4) is 0 Å². The molecule has 0 saturated carbocycles. The van der Waals surface area contributed by atoms with Gasteiger partial charge in [-0.2, -0.15) is 0 Å². The molecule has 1 fully saturated rings. The molecule has 0 spiro atoms. The van der Waals surface area contributed by atoms with Crippen LogP contribution < -0.4 is 15.5 Å². The quantitative estimate of drug-likeness (QED) is 0.858. The third kappa shape index (κ3) is 4.46. The fourth-order valence-electron chi connectivity index (χ4n) is 2.23. The van der Waals surface area contributed by atoms with Gasteiger partial charge in [0.15, 0.2) is 0 Å². The smallest absolute Gasteiger partial charge is 0.243 e. The highest BCUT2D eigenvalue weighted by Gasteiger charge is 2.16. The van der Waals surface area contributed by atoms with Crippen molar-refractivity contribution in [3.63, 3.8) is 0 Å². The summed E-state index contributed by atoms with van der Waals surface area (Å²) >= 11 is 0. The number of amides is 2. The summed E-state index contributed by atoms with van der Waals surface area (Å²) < 4.78 is 5.35. The normalized spacial score (nSPS) is 14.8. The molecule has 120 valence electrons. The van der Waals surface area contributed by atoms with Gasteiger partial charge in [0.25, 0.3) is 0 Å². The lowest BCUT2D eigenvalue weighted by Crippen LogP contribution is -2.38. The number of nitrogens with one attached hydrogen (secondary N) is 2. The minimum Gasteiger partial charge on any atom is -0.378 e. The molecule has 0 radical (unpaired) electrons. The van der Waals surface area contributed by atoms with Crippen molar-refractivity contribution in [3.05, 3.63) is 24.3 Å². The van der Waals surface area contributed by atoms with Gasteiger partial charge in [0, 0.05) is 19.0 Å². The van der Waals surface area contributed by atoms with Gasteiger partial charge >= 0.3 is 0 Å². The Bertz CT molecular complexity index is 525. The van der Waals surface area contributed by atoms with Gasteiger partial charge in [-0.15, -0.1) is 0 Å². The van der Waals surface area contributed by atoms with E-state index in [0.717, 1.165) is 24.5 Å². The van der Waals surface area contributed by atoms with Gasteiger partial charge in [0.2, 0.25) is 11.8 Å². The molecule has 2 rings (SSSR count). The molecule has 1 aliphatic rings. The maximum atomic E-state index is 12.0. The lowest BCUT2D eigenvalue weighted by Gasteiger charge is -2.30. The van der Waals surface area contributed by atoms with Gasteiger partial charge in [0.05, 0.1) is 31.1 Å². The van der Waals surface area contributed by atoms with Crippen LogP contribution in [-0.2, 0) is 14.3 Å². The summed E-state index contributed by atoms with van der Waals surface area (Å²) in [6.45, 7) is 6.55. The number of rotatable bonds is 5. The van der Waals surface area contributed by atoms with E-state index in [1.165, 1.54) is 0 Å². The molecule has 6 heteroatoms. The van der Waals surface area contributed by atoms with Crippen LogP contribution in [0.3, 0.4) is 0 Å². The second kappa shape index (κ2) is 7.79. The number of hydrogen-bond donors (Lipinski definition) is 2. The molecule has 0 aliphatic carbocycles. The lowest BCUT2D eigenvalue weighted by molar-refractivity contribution is -0.126. The van der Waals surface area contributed by atoms with Crippen LogP contribution in [-0.4, -0.2) is 44.7 Å². The molecule has 1 aromatic rings. The Balaban J connectivity index is 1.97. The van der Waals surface area contributed by atoms with E-state index in [2.05, 4.69) is 15.5 Å². The first-order valence-electron chi connectivity index (χ1n) is 7.57. The van der Waals surface area contributed by atoms with Gasteiger partial charge in [-0.25, -0.2) is 0 Å². The van der Waals surface area contributed by atoms with Crippen molar-refractivity contribution in [2.45, 2.75) is 13.8 Å². The Kier molecular flexibility index (Phi) is 5.77. The first-order valence-corrected chi connectivity index (χ1v) is 7.57. The third-order valence-corrected chi connectivity index (χ3v) is 3.48. The number of hydrogen-bond acceptors (Lipinski definition) is 4. The average molecular weight is 305 g/mol. The minimum absolute atomic E-state index is 0.0194. The molecule has 22 heavy (non-hydrogen) atoms. The summed E-state index contributed by atoms with van der Waals surface area (Å²) in [6.07, 6.45) is 0. The number of benzene rings is 1. The Hall–Kier alpha value is -2.08. The van der Waals surface area contributed by atoms with Crippen LogP contribution in [0.1, 0.15) is 13.8 Å². The van der Waals surface area contributed by atoms with Crippen molar-refractivity contribution < 1.29 is 14.3 Å². The molecule has 0 bridgehead atoms. The van der Waals surface area contributed by atoms with E-state index in [1.54, 1.807) is 13.8 Å². The van der Waals surface area contributed by atoms with Gasteiger partial charge < -0.3 is 20.3 Å². The first kappa shape index (κ1) is 16.3. The summed E-state index contributed by atoms with van der Waals surface area (Å²) in [4.78, 5) is 25.7. The van der Waals surface area contributed by atoms with E-state index in [9.17, 15) is 9.59 Å². The summed E-state index contributed by atoms with van der Waals surface area (Å²) in [6, 6.07) is 7.67. The van der Waals surface area contributed by atoms with Crippen LogP contribution in [0.4, 0.5) is 11.4 Å². The van der Waals surface area contributed by atoms with E-state index in [1.807, 2.05) is 24.3 Å². The Morgan fingerprint density at radius 2 is 1.91 bits per heavy atom. The summed E-state index contributed by atoms with van der Waals surface area (Å²) in [7, 11) is 0. The van der Waals surface area contributed by atoms with Crippen molar-refractivity contribution in [2.75, 3.05) is 43.1 Å². The maximum absolute atomic E-state index is 12.0. The van der Waals surface area contributed by atoms with Crippen molar-refractivity contribution in [2.24, 2.45) is 5.92 Å². The number of carbonyl (C=O) groups is 2. The zero-order valence-electron chi connectivity index (χ0n) is 13.1. The lowest BCUT2D eigenvalue weighted by atomic mass is 10.2. The zero-order valence-corrected chi connectivity index (χ0v) is 13.1. The van der Waals surface area contributed by atoms with Gasteiger partial charge in [0.1, 0.15) is 0 Å².